The van der Waals surface area contributed by atoms with Gasteiger partial charge in [-0.2, -0.15) is 26.3 Å². The monoisotopic (exact) mass is 665 g/mol. The molecule has 2 fully saturated rings. The van der Waals surface area contributed by atoms with Crippen LogP contribution in [0.15, 0.2) is 61.3 Å². The number of ether oxygens (including phenoxy) is 2. The summed E-state index contributed by atoms with van der Waals surface area (Å²) in [5.74, 6) is -1.13. The summed E-state index contributed by atoms with van der Waals surface area (Å²) in [5, 5.41) is 0. The van der Waals surface area contributed by atoms with Gasteiger partial charge in [-0.3, -0.25) is 14.6 Å². The van der Waals surface area contributed by atoms with Gasteiger partial charge >= 0.3 is 12.4 Å². The molecule has 15 heteroatoms. The first-order valence-corrected chi connectivity index (χ1v) is 15.2. The van der Waals surface area contributed by atoms with Gasteiger partial charge in [0.15, 0.2) is 0 Å². The highest BCUT2D eigenvalue weighted by Gasteiger charge is 2.56. The van der Waals surface area contributed by atoms with Crippen molar-refractivity contribution in [3.8, 4) is 11.6 Å². The predicted octanol–water partition coefficient (Wildman–Crippen LogP) is 6.20. The van der Waals surface area contributed by atoms with E-state index in [9.17, 15) is 35.9 Å². The molecule has 5 rings (SSSR count). The summed E-state index contributed by atoms with van der Waals surface area (Å²) in [4.78, 5) is 43.0. The van der Waals surface area contributed by atoms with Crippen LogP contribution in [0.4, 0.5) is 26.3 Å². The first kappa shape index (κ1) is 33.9. The molecule has 0 spiro atoms. The van der Waals surface area contributed by atoms with Crippen molar-refractivity contribution < 1.29 is 45.4 Å². The standard InChI is InChI=1S/C32H33F6N5O4/c1-2-4-26-30(47-23-7-5-21(6-8-23)31(33,34)35,29(45)42-17-11-22(12-18-42)46-27-10-15-40-20-41-27)13-3-16-43(26)28(44)24-19-39-14-9-25(24)32(36,37)38/h5-10,14-15,19-20,22,26H,2-4,11-13,16-18H2,1H3/t26-,30+/m1/s1. The molecule has 3 aromatic rings. The van der Waals surface area contributed by atoms with Gasteiger partial charge in [-0.15, -0.1) is 0 Å². The number of benzene rings is 1. The summed E-state index contributed by atoms with van der Waals surface area (Å²) in [5.41, 5.74) is -4.55. The Morgan fingerprint density at radius 3 is 2.26 bits per heavy atom. The number of carbonyl (C=O) groups is 2. The van der Waals surface area contributed by atoms with Crippen molar-refractivity contribution in [2.75, 3.05) is 19.6 Å². The molecular formula is C32H33F6N5O4. The van der Waals surface area contributed by atoms with Gasteiger partial charge < -0.3 is 19.3 Å². The summed E-state index contributed by atoms with van der Waals surface area (Å²) < 4.78 is 94.1. The number of amides is 2. The van der Waals surface area contributed by atoms with Crippen LogP contribution in [-0.2, 0) is 17.1 Å². The van der Waals surface area contributed by atoms with Crippen LogP contribution in [0.3, 0.4) is 0 Å². The Bertz CT molecular complexity index is 1530. The minimum absolute atomic E-state index is 0.0376. The van der Waals surface area contributed by atoms with Crippen molar-refractivity contribution in [2.45, 2.75) is 75.5 Å². The number of pyridine rings is 1. The maximum absolute atomic E-state index is 14.6. The number of rotatable bonds is 8. The van der Waals surface area contributed by atoms with Crippen molar-refractivity contribution >= 4 is 11.8 Å². The third kappa shape index (κ3) is 7.43. The van der Waals surface area contributed by atoms with Crippen LogP contribution < -0.4 is 9.47 Å². The molecule has 0 aliphatic carbocycles. The van der Waals surface area contributed by atoms with Crippen LogP contribution in [-0.4, -0.2) is 73.9 Å². The van der Waals surface area contributed by atoms with E-state index in [-0.39, 0.29) is 50.8 Å². The lowest BCUT2D eigenvalue weighted by Gasteiger charge is -2.50. The van der Waals surface area contributed by atoms with Crippen molar-refractivity contribution in [1.82, 2.24) is 24.8 Å². The number of piperidine rings is 2. The van der Waals surface area contributed by atoms with E-state index < -0.39 is 52.5 Å². The topological polar surface area (TPSA) is 97.8 Å². The van der Waals surface area contributed by atoms with Crippen LogP contribution in [0.2, 0.25) is 0 Å². The van der Waals surface area contributed by atoms with Crippen molar-refractivity contribution in [3.05, 3.63) is 78.0 Å². The summed E-state index contributed by atoms with van der Waals surface area (Å²) >= 11 is 0. The zero-order valence-electron chi connectivity index (χ0n) is 25.4. The molecule has 47 heavy (non-hydrogen) atoms. The molecule has 252 valence electrons. The lowest BCUT2D eigenvalue weighted by Crippen LogP contribution is -2.68. The molecule has 2 aromatic heterocycles. The fraction of sp³-hybridized carbons (Fsp3) is 0.469. The minimum atomic E-state index is -4.84. The van der Waals surface area contributed by atoms with E-state index in [1.165, 1.54) is 17.4 Å². The van der Waals surface area contributed by atoms with Gasteiger partial charge in [0.05, 0.1) is 22.7 Å². The smallest absolute Gasteiger partial charge is 0.417 e. The zero-order chi connectivity index (χ0) is 33.8. The second kappa shape index (κ2) is 13.7. The molecule has 0 saturated carbocycles. The fourth-order valence-corrected chi connectivity index (χ4v) is 6.26. The maximum Gasteiger partial charge on any atom is 0.417 e. The summed E-state index contributed by atoms with van der Waals surface area (Å²) in [6, 6.07) is 5.15. The fourth-order valence-electron chi connectivity index (χ4n) is 6.26. The van der Waals surface area contributed by atoms with E-state index in [4.69, 9.17) is 9.47 Å². The molecule has 9 nitrogen and oxygen atoms in total. The second-order valence-corrected chi connectivity index (χ2v) is 11.5. The van der Waals surface area contributed by atoms with Crippen molar-refractivity contribution in [3.63, 3.8) is 0 Å². The number of halogens is 6. The van der Waals surface area contributed by atoms with E-state index in [0.29, 0.717) is 25.1 Å². The molecule has 0 bridgehead atoms. The lowest BCUT2D eigenvalue weighted by atomic mass is 9.79. The molecule has 2 aliphatic heterocycles. The van der Waals surface area contributed by atoms with Gasteiger partial charge in [0, 0.05) is 63.6 Å². The quantitative estimate of drug-likeness (QED) is 0.264. The molecule has 2 saturated heterocycles. The molecule has 2 amide bonds. The van der Waals surface area contributed by atoms with Gasteiger partial charge in [0.2, 0.25) is 11.5 Å². The zero-order valence-corrected chi connectivity index (χ0v) is 25.4. The Kier molecular flexibility index (Phi) is 9.92. The van der Waals surface area contributed by atoms with Crippen LogP contribution in [0, 0.1) is 0 Å². The Morgan fingerprint density at radius 1 is 0.936 bits per heavy atom. The second-order valence-electron chi connectivity index (χ2n) is 11.5. The predicted molar refractivity (Wildman–Crippen MR) is 155 cm³/mol. The molecule has 1 aromatic carbocycles. The van der Waals surface area contributed by atoms with E-state index in [0.717, 1.165) is 42.7 Å². The third-order valence-electron chi connectivity index (χ3n) is 8.46. The van der Waals surface area contributed by atoms with Gasteiger partial charge in [-0.1, -0.05) is 13.3 Å². The summed E-state index contributed by atoms with van der Waals surface area (Å²) in [6.07, 6.45) is -3.30. The van der Waals surface area contributed by atoms with Crippen LogP contribution in [0.1, 0.15) is 66.9 Å². The summed E-state index contributed by atoms with van der Waals surface area (Å²) in [6.45, 7) is 2.31. The molecule has 2 aliphatic rings. The number of nitrogens with zero attached hydrogens (tertiary/aromatic N) is 5. The first-order valence-electron chi connectivity index (χ1n) is 15.2. The van der Waals surface area contributed by atoms with Gasteiger partial charge in [0.25, 0.3) is 11.8 Å². The highest BCUT2D eigenvalue weighted by atomic mass is 19.4. The lowest BCUT2D eigenvalue weighted by molar-refractivity contribution is -0.161. The van der Waals surface area contributed by atoms with Crippen molar-refractivity contribution in [2.24, 2.45) is 0 Å². The van der Waals surface area contributed by atoms with Crippen LogP contribution in [0.5, 0.6) is 11.6 Å². The van der Waals surface area contributed by atoms with E-state index in [1.54, 1.807) is 17.9 Å². The van der Waals surface area contributed by atoms with Crippen LogP contribution in [0.25, 0.3) is 0 Å². The molecule has 0 unspecified atom stereocenters. The number of likely N-dealkylation sites (tertiary alicyclic amines) is 2. The SMILES string of the molecule is CCC[C@H]1N(C(=O)c2cnccc2C(F)(F)F)CCC[C@@]1(Oc1ccc(C(F)(F)F)cc1)C(=O)N1CCC(Oc2ccncn2)CC1. The van der Waals surface area contributed by atoms with E-state index >= 15 is 0 Å². The number of hydrogen-bond acceptors (Lipinski definition) is 7. The van der Waals surface area contributed by atoms with Crippen LogP contribution >= 0.6 is 0 Å². The molecule has 0 N–H and O–H groups in total. The highest BCUT2D eigenvalue weighted by Crippen LogP contribution is 2.41. The average molecular weight is 666 g/mol. The first-order chi connectivity index (χ1) is 22.3. The maximum atomic E-state index is 14.6. The molecule has 4 heterocycles. The Hall–Kier alpha value is -4.43. The average Bonchev–Trinajstić information content (AvgIpc) is 3.05. The molecule has 0 radical (unpaired) electrons. The van der Waals surface area contributed by atoms with Gasteiger partial charge in [-0.05, 0) is 43.2 Å². The van der Waals surface area contributed by atoms with E-state index in [1.807, 2.05) is 0 Å². The van der Waals surface area contributed by atoms with E-state index in [2.05, 4.69) is 15.0 Å². The molecular weight excluding hydrogens is 632 g/mol. The number of aromatic nitrogens is 3. The summed E-state index contributed by atoms with van der Waals surface area (Å²) in [7, 11) is 0. The Morgan fingerprint density at radius 2 is 1.64 bits per heavy atom. The number of carbonyl (C=O) groups excluding carboxylic acids is 2. The number of hydrogen-bond donors (Lipinski definition) is 0. The highest BCUT2D eigenvalue weighted by molar-refractivity contribution is 5.97. The Labute approximate surface area is 266 Å². The minimum Gasteiger partial charge on any atom is -0.475 e. The largest absolute Gasteiger partial charge is 0.475 e. The Balaban J connectivity index is 1.49. The van der Waals surface area contributed by atoms with Gasteiger partial charge in [0.1, 0.15) is 18.2 Å². The van der Waals surface area contributed by atoms with Gasteiger partial charge in [-0.25, -0.2) is 9.97 Å². The third-order valence-corrected chi connectivity index (χ3v) is 8.46. The van der Waals surface area contributed by atoms with Crippen molar-refractivity contribution in [1.29, 1.82) is 0 Å². The normalized spacial score (nSPS) is 21.0. The molecule has 2 atom stereocenters. The number of alkyl halides is 6.